The maximum absolute atomic E-state index is 13.8. The molecule has 3 fully saturated rings. The maximum atomic E-state index is 13.8. The summed E-state index contributed by atoms with van der Waals surface area (Å²) < 4.78 is 30.6. The molecule has 2 aromatic heterocycles. The van der Waals surface area contributed by atoms with Gasteiger partial charge in [0.05, 0.1) is 54.6 Å². The molecule has 2 saturated carbocycles. The molecule has 1 aliphatic heterocycles. The molecule has 4 atom stereocenters. The van der Waals surface area contributed by atoms with Crippen LogP contribution in [-0.4, -0.2) is 39.2 Å². The van der Waals surface area contributed by atoms with Gasteiger partial charge in [0.2, 0.25) is 0 Å². The largest absolute Gasteiger partial charge is 0.381 e. The van der Waals surface area contributed by atoms with E-state index in [1.165, 1.54) is 18.3 Å². The number of nitrogens with zero attached hydrogens (tertiary/aromatic N) is 5. The molecule has 0 spiro atoms. The Bertz CT molecular complexity index is 1590. The Morgan fingerprint density at radius 2 is 2.00 bits per heavy atom. The number of halogens is 2. The molecule has 2 aromatic carbocycles. The van der Waals surface area contributed by atoms with Gasteiger partial charge in [-0.25, -0.2) is 9.07 Å². The van der Waals surface area contributed by atoms with Gasteiger partial charge >= 0.3 is 0 Å². The van der Waals surface area contributed by atoms with Gasteiger partial charge in [0, 0.05) is 35.1 Å². The van der Waals surface area contributed by atoms with Crippen molar-refractivity contribution in [1.29, 1.82) is 5.26 Å². The highest BCUT2D eigenvalue weighted by atomic mass is 35.5. The fourth-order valence-corrected chi connectivity index (χ4v) is 5.41. The van der Waals surface area contributed by atoms with E-state index in [1.807, 2.05) is 6.07 Å². The number of hydrogen-bond donors (Lipinski definition) is 2. The zero-order valence-corrected chi connectivity index (χ0v) is 20.4. The fraction of sp³-hybridized carbons (Fsp3) is 0.333. The lowest BCUT2D eigenvalue weighted by molar-refractivity contribution is 0.162. The molecule has 10 heteroatoms. The van der Waals surface area contributed by atoms with Crippen LogP contribution in [-0.2, 0) is 4.74 Å². The third kappa shape index (κ3) is 4.06. The van der Waals surface area contributed by atoms with Gasteiger partial charge in [0.25, 0.3) is 0 Å². The number of hydrogen-bond acceptors (Lipinski definition) is 7. The Morgan fingerprint density at radius 1 is 1.22 bits per heavy atom. The minimum atomic E-state index is -1.59. The third-order valence-electron chi connectivity index (χ3n) is 7.40. The lowest BCUT2D eigenvalue weighted by Gasteiger charge is -2.20. The van der Waals surface area contributed by atoms with Gasteiger partial charge in [-0.3, -0.25) is 4.98 Å². The van der Waals surface area contributed by atoms with Crippen molar-refractivity contribution in [3.8, 4) is 6.07 Å². The second kappa shape index (κ2) is 8.68. The first-order valence-electron chi connectivity index (χ1n) is 12.8. The van der Waals surface area contributed by atoms with Crippen LogP contribution >= 0.6 is 11.6 Å². The van der Waals surface area contributed by atoms with E-state index in [2.05, 4.69) is 32.0 Å². The monoisotopic (exact) mass is 516 g/mol. The van der Waals surface area contributed by atoms with Crippen molar-refractivity contribution in [1.82, 2.24) is 20.0 Å². The first kappa shape index (κ1) is 21.4. The van der Waals surface area contributed by atoms with Crippen molar-refractivity contribution in [3.63, 3.8) is 0 Å². The van der Waals surface area contributed by atoms with Crippen LogP contribution in [0, 0.1) is 29.0 Å². The Balaban J connectivity index is 1.32. The summed E-state index contributed by atoms with van der Waals surface area (Å²) >= 11 is 6.70. The summed E-state index contributed by atoms with van der Waals surface area (Å²) in [5.41, 5.74) is 3.03. The summed E-state index contributed by atoms with van der Waals surface area (Å²) in [4.78, 5) is 4.44. The molecule has 4 aromatic rings. The van der Waals surface area contributed by atoms with Crippen molar-refractivity contribution in [2.24, 2.45) is 11.8 Å². The van der Waals surface area contributed by atoms with Crippen molar-refractivity contribution in [3.05, 3.63) is 76.5 Å². The zero-order valence-electron chi connectivity index (χ0n) is 20.7. The summed E-state index contributed by atoms with van der Waals surface area (Å²) in [7, 11) is 0. The quantitative estimate of drug-likeness (QED) is 0.353. The number of benzene rings is 2. The number of rotatable bonds is 7. The summed E-state index contributed by atoms with van der Waals surface area (Å²) in [5.74, 6) is 0.456. The molecule has 0 radical (unpaired) electrons. The van der Waals surface area contributed by atoms with Gasteiger partial charge in [0.1, 0.15) is 17.6 Å². The SMILES string of the molecule is [2H]C(Nc1cc(Cl)c2ncc(C#N)c(NC3[C@H]4COC[C@@H]34)c2c1)(c1ccc(F)cc1)c1cn(C2CC2)nn1. The van der Waals surface area contributed by atoms with Crippen LogP contribution in [0.25, 0.3) is 10.9 Å². The molecule has 3 heterocycles. The molecule has 2 aliphatic carbocycles. The summed E-state index contributed by atoms with van der Waals surface area (Å²) in [6.45, 7) is 1.42. The van der Waals surface area contributed by atoms with E-state index >= 15 is 0 Å². The number of nitriles is 1. The van der Waals surface area contributed by atoms with Gasteiger partial charge in [-0.15, -0.1) is 5.10 Å². The third-order valence-corrected chi connectivity index (χ3v) is 7.69. The normalized spacial score (nSPS) is 24.1. The highest BCUT2D eigenvalue weighted by Gasteiger charge is 2.54. The average Bonchev–Trinajstić information content (AvgIpc) is 3.73. The van der Waals surface area contributed by atoms with Crippen LogP contribution in [0.15, 0.2) is 48.8 Å². The first-order valence-corrected chi connectivity index (χ1v) is 12.7. The second-order valence-electron chi connectivity index (χ2n) is 9.87. The van der Waals surface area contributed by atoms with Crippen LogP contribution in [0.1, 0.15) is 43.1 Å². The van der Waals surface area contributed by atoms with E-state index in [4.69, 9.17) is 16.3 Å². The Labute approximate surface area is 218 Å². The van der Waals surface area contributed by atoms with Crippen LogP contribution in [0.4, 0.5) is 15.8 Å². The number of ether oxygens (including phenoxy) is 1. The number of anilines is 2. The number of pyridine rings is 1. The van der Waals surface area contributed by atoms with E-state index in [9.17, 15) is 11.0 Å². The molecular weight excluding hydrogens is 493 g/mol. The maximum Gasteiger partial charge on any atom is 0.123 e. The molecule has 2 N–H and O–H groups in total. The minimum absolute atomic E-state index is 0.226. The number of nitrogens with one attached hydrogen (secondary N) is 2. The summed E-state index contributed by atoms with van der Waals surface area (Å²) in [5, 5.41) is 26.2. The Morgan fingerprint density at radius 3 is 2.73 bits per heavy atom. The lowest BCUT2D eigenvalue weighted by atomic mass is 10.0. The molecule has 0 amide bonds. The van der Waals surface area contributed by atoms with Crippen molar-refractivity contribution >= 4 is 33.9 Å². The lowest BCUT2D eigenvalue weighted by Crippen LogP contribution is -2.15. The van der Waals surface area contributed by atoms with Crippen molar-refractivity contribution in [2.45, 2.75) is 30.9 Å². The second-order valence-corrected chi connectivity index (χ2v) is 10.3. The summed E-state index contributed by atoms with van der Waals surface area (Å²) in [6.07, 6.45) is 5.34. The van der Waals surface area contributed by atoms with E-state index < -0.39 is 11.8 Å². The molecule has 1 saturated heterocycles. The van der Waals surface area contributed by atoms with Crippen LogP contribution < -0.4 is 10.6 Å². The van der Waals surface area contributed by atoms with E-state index in [-0.39, 0.29) is 6.04 Å². The van der Waals surface area contributed by atoms with Gasteiger partial charge in [-0.2, -0.15) is 5.26 Å². The summed E-state index contributed by atoms with van der Waals surface area (Å²) in [6, 6.07) is 10.5. The van der Waals surface area contributed by atoms with Crippen LogP contribution in [0.5, 0.6) is 0 Å². The highest BCUT2D eigenvalue weighted by molar-refractivity contribution is 6.35. The Hall–Kier alpha value is -3.74. The predicted molar refractivity (Wildman–Crippen MR) is 137 cm³/mol. The topological polar surface area (TPSA) is 101 Å². The zero-order chi connectivity index (χ0) is 26.0. The van der Waals surface area contributed by atoms with Gasteiger partial charge in [-0.05, 0) is 42.7 Å². The average molecular weight is 517 g/mol. The molecule has 0 bridgehead atoms. The van der Waals surface area contributed by atoms with E-state index in [1.54, 1.807) is 29.1 Å². The fourth-order valence-electron chi connectivity index (χ4n) is 5.15. The molecular formula is C27H23ClFN7O. The Kier molecular flexibility index (Phi) is 5.01. The van der Waals surface area contributed by atoms with E-state index in [0.717, 1.165) is 12.8 Å². The smallest absolute Gasteiger partial charge is 0.123 e. The predicted octanol–water partition coefficient (Wildman–Crippen LogP) is 5.08. The highest BCUT2D eigenvalue weighted by Crippen LogP contribution is 2.47. The van der Waals surface area contributed by atoms with Crippen LogP contribution in [0.2, 0.25) is 5.02 Å². The first-order chi connectivity index (χ1) is 18.4. The van der Waals surface area contributed by atoms with E-state index in [0.29, 0.717) is 75.2 Å². The minimum Gasteiger partial charge on any atom is -0.381 e. The van der Waals surface area contributed by atoms with Gasteiger partial charge in [-0.1, -0.05) is 28.9 Å². The molecule has 8 nitrogen and oxygen atoms in total. The standard InChI is InChI=1S/C27H23ClFN7O/c28-22-8-17(7-19-24(15(9-30)10-31-27(19)22)33-26-20-12-37-13-21(20)26)32-25(14-1-3-16(29)4-2-14)23-11-36(35-34-23)18-5-6-18/h1-4,7-8,10-11,18,20-21,25-26,32H,5-6,12-13H2,(H,31,33)/t20-,21+,25?,26?/i25D. The number of aromatic nitrogens is 4. The van der Waals surface area contributed by atoms with Crippen molar-refractivity contribution < 1.29 is 10.5 Å². The van der Waals surface area contributed by atoms with Crippen molar-refractivity contribution in [2.75, 3.05) is 23.8 Å². The molecule has 37 heavy (non-hydrogen) atoms. The molecule has 186 valence electrons. The van der Waals surface area contributed by atoms with Crippen LogP contribution in [0.3, 0.4) is 0 Å². The van der Waals surface area contributed by atoms with Gasteiger partial charge < -0.3 is 15.4 Å². The molecule has 2 unspecified atom stereocenters. The van der Waals surface area contributed by atoms with Gasteiger partial charge in [0.15, 0.2) is 0 Å². The molecule has 7 rings (SSSR count). The molecule has 3 aliphatic rings. The number of fused-ring (bicyclic) bond motifs is 2.